The molecule has 0 heterocycles. The lowest BCUT2D eigenvalue weighted by atomic mass is 10.2. The van der Waals surface area contributed by atoms with Crippen molar-refractivity contribution in [3.63, 3.8) is 0 Å². The number of carbonyl (C=O) groups is 1. The Morgan fingerprint density at radius 2 is 2.15 bits per heavy atom. The molecule has 0 aliphatic carbocycles. The minimum atomic E-state index is -3.96. The Morgan fingerprint density at radius 3 is 2.70 bits per heavy atom. The van der Waals surface area contributed by atoms with Gasteiger partial charge in [0.25, 0.3) is 0 Å². The highest BCUT2D eigenvalue weighted by molar-refractivity contribution is 7.89. The lowest BCUT2D eigenvalue weighted by molar-refractivity contribution is -0.143. The van der Waals surface area contributed by atoms with Crippen molar-refractivity contribution in [1.29, 1.82) is 5.26 Å². The summed E-state index contributed by atoms with van der Waals surface area (Å²) >= 11 is 0. The van der Waals surface area contributed by atoms with Crippen LogP contribution in [0.15, 0.2) is 23.1 Å². The summed E-state index contributed by atoms with van der Waals surface area (Å²) in [4.78, 5) is 11.1. The van der Waals surface area contributed by atoms with Crippen LogP contribution in [-0.4, -0.2) is 38.9 Å². The molecule has 0 unspecified atom stereocenters. The average molecular weight is 297 g/mol. The maximum Gasteiger partial charge on any atom is 0.321 e. The van der Waals surface area contributed by atoms with Crippen molar-refractivity contribution in [2.45, 2.75) is 11.8 Å². The van der Waals surface area contributed by atoms with Crippen molar-refractivity contribution in [3.8, 4) is 6.07 Å². The second-order valence-corrected chi connectivity index (χ2v) is 5.95. The maximum absolute atomic E-state index is 12.3. The van der Waals surface area contributed by atoms with Gasteiger partial charge in [0.2, 0.25) is 10.0 Å². The minimum absolute atomic E-state index is 0.0688. The Hall–Kier alpha value is -2.11. The zero-order valence-electron chi connectivity index (χ0n) is 11.2. The maximum atomic E-state index is 12.3. The van der Waals surface area contributed by atoms with Gasteiger partial charge in [0.1, 0.15) is 17.5 Å². The number of nitrogens with zero attached hydrogens (tertiary/aromatic N) is 2. The van der Waals surface area contributed by atoms with Crippen LogP contribution in [0.4, 0.5) is 5.69 Å². The number of hydrogen-bond acceptors (Lipinski definition) is 6. The van der Waals surface area contributed by atoms with Gasteiger partial charge < -0.3 is 10.5 Å². The highest BCUT2D eigenvalue weighted by Crippen LogP contribution is 2.21. The molecule has 0 aliphatic heterocycles. The molecule has 0 saturated carbocycles. The summed E-state index contributed by atoms with van der Waals surface area (Å²) in [6.07, 6.45) is 0. The van der Waals surface area contributed by atoms with E-state index in [1.54, 1.807) is 13.0 Å². The number of anilines is 1. The first-order valence-electron chi connectivity index (χ1n) is 5.74. The van der Waals surface area contributed by atoms with Gasteiger partial charge in [-0.1, -0.05) is 0 Å². The van der Waals surface area contributed by atoms with Gasteiger partial charge in [0, 0.05) is 12.7 Å². The molecule has 8 heteroatoms. The molecule has 1 rings (SSSR count). The molecule has 0 saturated heterocycles. The molecular formula is C12H15N3O4S. The highest BCUT2D eigenvalue weighted by atomic mass is 32.2. The van der Waals surface area contributed by atoms with Crippen LogP contribution in [-0.2, 0) is 19.6 Å². The second kappa shape index (κ2) is 6.36. The molecule has 0 aliphatic rings. The Bertz CT molecular complexity index is 649. The Balaban J connectivity index is 3.11. The number of hydrogen-bond donors (Lipinski definition) is 1. The predicted octanol–water partition coefficient (Wildman–Crippen LogP) is 0.324. The van der Waals surface area contributed by atoms with Gasteiger partial charge in [-0.05, 0) is 25.1 Å². The quantitative estimate of drug-likeness (QED) is 0.618. The molecule has 0 spiro atoms. The summed E-state index contributed by atoms with van der Waals surface area (Å²) < 4.78 is 30.1. The topological polar surface area (TPSA) is 113 Å². The molecule has 0 aromatic heterocycles. The molecule has 0 bridgehead atoms. The van der Waals surface area contributed by atoms with Crippen molar-refractivity contribution in [3.05, 3.63) is 23.8 Å². The van der Waals surface area contributed by atoms with E-state index in [2.05, 4.69) is 4.74 Å². The first-order chi connectivity index (χ1) is 9.32. The van der Waals surface area contributed by atoms with Crippen molar-refractivity contribution in [2.75, 3.05) is 25.9 Å². The lowest BCUT2D eigenvalue weighted by Gasteiger charge is -2.17. The SMILES string of the molecule is CCOC(=O)CN(C)S(=O)(=O)c1ccc(N)cc1C#N. The van der Waals surface area contributed by atoms with Crippen LogP contribution >= 0.6 is 0 Å². The van der Waals surface area contributed by atoms with Crippen LogP contribution in [0.25, 0.3) is 0 Å². The van der Waals surface area contributed by atoms with Gasteiger partial charge in [-0.2, -0.15) is 9.57 Å². The molecule has 1 aromatic carbocycles. The van der Waals surface area contributed by atoms with Crippen molar-refractivity contribution in [1.82, 2.24) is 4.31 Å². The summed E-state index contributed by atoms with van der Waals surface area (Å²) in [6.45, 7) is 1.36. The molecule has 20 heavy (non-hydrogen) atoms. The van der Waals surface area contributed by atoms with Crippen molar-refractivity contribution in [2.24, 2.45) is 0 Å². The van der Waals surface area contributed by atoms with E-state index in [4.69, 9.17) is 11.0 Å². The fraction of sp³-hybridized carbons (Fsp3) is 0.333. The molecular weight excluding hydrogens is 282 g/mol. The van der Waals surface area contributed by atoms with Crippen LogP contribution < -0.4 is 5.73 Å². The Kier molecular flexibility index (Phi) is 5.07. The number of ether oxygens (including phenoxy) is 1. The molecule has 7 nitrogen and oxygen atoms in total. The third-order valence-electron chi connectivity index (χ3n) is 2.47. The summed E-state index contributed by atoms with van der Waals surface area (Å²) in [6, 6.07) is 5.66. The number of nitrogen functional groups attached to an aromatic ring is 1. The number of rotatable bonds is 5. The van der Waals surface area contributed by atoms with Gasteiger partial charge in [-0.25, -0.2) is 8.42 Å². The van der Waals surface area contributed by atoms with E-state index in [0.29, 0.717) is 0 Å². The number of nitriles is 1. The fourth-order valence-corrected chi connectivity index (χ4v) is 2.73. The van der Waals surface area contributed by atoms with Crippen LogP contribution in [0.5, 0.6) is 0 Å². The normalized spacial score (nSPS) is 11.1. The van der Waals surface area contributed by atoms with Gasteiger partial charge in [-0.15, -0.1) is 0 Å². The van der Waals surface area contributed by atoms with Crippen molar-refractivity contribution < 1.29 is 17.9 Å². The summed E-state index contributed by atoms with van der Waals surface area (Å²) in [5, 5.41) is 8.97. The Labute approximate surface area is 117 Å². The van der Waals surface area contributed by atoms with Crippen LogP contribution in [0.2, 0.25) is 0 Å². The third-order valence-corrected chi connectivity index (χ3v) is 4.33. The van der Waals surface area contributed by atoms with E-state index in [1.165, 1.54) is 25.2 Å². The Morgan fingerprint density at radius 1 is 1.50 bits per heavy atom. The predicted molar refractivity (Wildman–Crippen MR) is 72.0 cm³/mol. The molecule has 0 radical (unpaired) electrons. The van der Waals surface area contributed by atoms with Gasteiger partial charge >= 0.3 is 5.97 Å². The molecule has 0 amide bonds. The first kappa shape index (κ1) is 15.9. The van der Waals surface area contributed by atoms with Crippen LogP contribution in [0.3, 0.4) is 0 Å². The molecule has 1 aromatic rings. The van der Waals surface area contributed by atoms with Crippen molar-refractivity contribution >= 4 is 21.7 Å². The van der Waals surface area contributed by atoms with E-state index in [0.717, 1.165) is 4.31 Å². The molecule has 2 N–H and O–H groups in total. The second-order valence-electron chi connectivity index (χ2n) is 3.93. The number of benzene rings is 1. The number of sulfonamides is 1. The number of nitrogens with two attached hydrogens (primary N) is 1. The molecule has 0 atom stereocenters. The van der Waals surface area contributed by atoms with E-state index >= 15 is 0 Å². The summed E-state index contributed by atoms with van der Waals surface area (Å²) in [7, 11) is -2.72. The van der Waals surface area contributed by atoms with Gasteiger partial charge in [-0.3, -0.25) is 4.79 Å². The zero-order chi connectivity index (χ0) is 15.3. The van der Waals surface area contributed by atoms with E-state index in [9.17, 15) is 13.2 Å². The highest BCUT2D eigenvalue weighted by Gasteiger charge is 2.26. The monoisotopic (exact) mass is 297 g/mol. The van der Waals surface area contributed by atoms with Crippen LogP contribution in [0.1, 0.15) is 12.5 Å². The van der Waals surface area contributed by atoms with Gasteiger partial charge in [0.15, 0.2) is 0 Å². The third kappa shape index (κ3) is 3.46. The summed E-state index contributed by atoms with van der Waals surface area (Å²) in [5.41, 5.74) is 5.73. The standard InChI is InChI=1S/C12H15N3O4S/c1-3-19-12(16)8-15(2)20(17,18)11-5-4-10(14)6-9(11)7-13/h4-6H,3,8,14H2,1-2H3. The summed E-state index contributed by atoms with van der Waals surface area (Å²) in [5.74, 6) is -0.660. The largest absolute Gasteiger partial charge is 0.465 e. The molecule has 0 fully saturated rings. The number of esters is 1. The van der Waals surface area contributed by atoms with Crippen LogP contribution in [0, 0.1) is 11.3 Å². The average Bonchev–Trinajstić information content (AvgIpc) is 2.38. The minimum Gasteiger partial charge on any atom is -0.465 e. The van der Waals surface area contributed by atoms with E-state index in [-0.39, 0.29) is 22.8 Å². The molecule has 108 valence electrons. The number of carbonyl (C=O) groups excluding carboxylic acids is 1. The smallest absolute Gasteiger partial charge is 0.321 e. The first-order valence-corrected chi connectivity index (χ1v) is 7.18. The number of likely N-dealkylation sites (N-methyl/N-ethyl adjacent to an activating group) is 1. The fourth-order valence-electron chi connectivity index (χ4n) is 1.50. The van der Waals surface area contributed by atoms with Gasteiger partial charge in [0.05, 0.1) is 12.2 Å². The zero-order valence-corrected chi connectivity index (χ0v) is 12.0. The van der Waals surface area contributed by atoms with E-state index in [1.807, 2.05) is 0 Å². The van der Waals surface area contributed by atoms with E-state index < -0.39 is 22.5 Å². The lowest BCUT2D eigenvalue weighted by Crippen LogP contribution is -2.33.